The summed E-state index contributed by atoms with van der Waals surface area (Å²) in [5.74, 6) is 1.65. The Bertz CT molecular complexity index is 543. The summed E-state index contributed by atoms with van der Waals surface area (Å²) in [5, 5.41) is 0. The molecule has 4 heteroatoms. The summed E-state index contributed by atoms with van der Waals surface area (Å²) >= 11 is 6.88. The standard InChI is InChI=1S/C14H13Br2NO/c15-11-2-1-3-13(8-11)18-14-9-12(16)5-4-10(14)6-7-17/h1-5,8-9H,6-7,17H2. The summed E-state index contributed by atoms with van der Waals surface area (Å²) in [6, 6.07) is 13.8. The topological polar surface area (TPSA) is 35.2 Å². The van der Waals surface area contributed by atoms with Crippen LogP contribution in [0.25, 0.3) is 0 Å². The number of hydrogen-bond donors (Lipinski definition) is 1. The predicted molar refractivity (Wildman–Crippen MR) is 81.1 cm³/mol. The van der Waals surface area contributed by atoms with E-state index in [-0.39, 0.29) is 0 Å². The van der Waals surface area contributed by atoms with E-state index >= 15 is 0 Å². The fraction of sp³-hybridized carbons (Fsp3) is 0.143. The zero-order valence-electron chi connectivity index (χ0n) is 9.70. The molecular weight excluding hydrogens is 358 g/mol. The number of rotatable bonds is 4. The third-order valence-corrected chi connectivity index (χ3v) is 3.45. The normalized spacial score (nSPS) is 10.4. The second kappa shape index (κ2) is 6.36. The van der Waals surface area contributed by atoms with Gasteiger partial charge in [-0.25, -0.2) is 0 Å². The van der Waals surface area contributed by atoms with Gasteiger partial charge in [0.15, 0.2) is 0 Å². The zero-order valence-corrected chi connectivity index (χ0v) is 12.9. The lowest BCUT2D eigenvalue weighted by molar-refractivity contribution is 0.475. The molecule has 0 spiro atoms. The average molecular weight is 371 g/mol. The summed E-state index contributed by atoms with van der Waals surface area (Å²) in [4.78, 5) is 0. The first-order valence-electron chi connectivity index (χ1n) is 5.61. The molecule has 0 atom stereocenters. The van der Waals surface area contributed by atoms with E-state index in [2.05, 4.69) is 31.9 Å². The highest BCUT2D eigenvalue weighted by molar-refractivity contribution is 9.10. The van der Waals surface area contributed by atoms with Gasteiger partial charge in [-0.2, -0.15) is 0 Å². The van der Waals surface area contributed by atoms with Crippen LogP contribution in [0.1, 0.15) is 5.56 Å². The Hall–Kier alpha value is -0.840. The van der Waals surface area contributed by atoms with Gasteiger partial charge in [-0.1, -0.05) is 44.0 Å². The van der Waals surface area contributed by atoms with Crippen molar-refractivity contribution >= 4 is 31.9 Å². The smallest absolute Gasteiger partial charge is 0.131 e. The summed E-state index contributed by atoms with van der Waals surface area (Å²) in [7, 11) is 0. The van der Waals surface area contributed by atoms with E-state index in [1.807, 2.05) is 42.5 Å². The molecule has 0 aliphatic carbocycles. The van der Waals surface area contributed by atoms with E-state index in [1.54, 1.807) is 0 Å². The lowest BCUT2D eigenvalue weighted by Gasteiger charge is -2.11. The monoisotopic (exact) mass is 369 g/mol. The van der Waals surface area contributed by atoms with Crippen molar-refractivity contribution in [1.29, 1.82) is 0 Å². The Labute approximate surface area is 123 Å². The van der Waals surface area contributed by atoms with E-state index in [1.165, 1.54) is 0 Å². The van der Waals surface area contributed by atoms with Crippen LogP contribution in [0.15, 0.2) is 51.4 Å². The Morgan fingerprint density at radius 3 is 2.50 bits per heavy atom. The SMILES string of the molecule is NCCc1ccc(Br)cc1Oc1cccc(Br)c1. The van der Waals surface area contributed by atoms with Crippen LogP contribution in [0.4, 0.5) is 0 Å². The third kappa shape index (κ3) is 3.57. The van der Waals surface area contributed by atoms with E-state index in [0.717, 1.165) is 32.4 Å². The molecule has 2 nitrogen and oxygen atoms in total. The highest BCUT2D eigenvalue weighted by Gasteiger charge is 2.05. The van der Waals surface area contributed by atoms with Crippen LogP contribution in [0, 0.1) is 0 Å². The van der Waals surface area contributed by atoms with Gasteiger partial charge < -0.3 is 10.5 Å². The maximum absolute atomic E-state index is 5.91. The Kier molecular flexibility index (Phi) is 4.80. The van der Waals surface area contributed by atoms with Gasteiger partial charge in [0.1, 0.15) is 11.5 Å². The molecule has 2 N–H and O–H groups in total. The van der Waals surface area contributed by atoms with E-state index in [4.69, 9.17) is 10.5 Å². The zero-order chi connectivity index (χ0) is 13.0. The lowest BCUT2D eigenvalue weighted by atomic mass is 10.1. The first kappa shape index (κ1) is 13.6. The molecule has 0 radical (unpaired) electrons. The van der Waals surface area contributed by atoms with Crippen LogP contribution in [0.3, 0.4) is 0 Å². The van der Waals surface area contributed by atoms with E-state index < -0.39 is 0 Å². The van der Waals surface area contributed by atoms with Crippen molar-refractivity contribution in [3.05, 3.63) is 57.0 Å². The van der Waals surface area contributed by atoms with Crippen molar-refractivity contribution in [2.24, 2.45) is 5.73 Å². The van der Waals surface area contributed by atoms with Crippen molar-refractivity contribution in [3.63, 3.8) is 0 Å². The first-order valence-corrected chi connectivity index (χ1v) is 7.19. The van der Waals surface area contributed by atoms with Crippen molar-refractivity contribution in [1.82, 2.24) is 0 Å². The lowest BCUT2D eigenvalue weighted by Crippen LogP contribution is -2.04. The van der Waals surface area contributed by atoms with Crippen molar-refractivity contribution in [2.45, 2.75) is 6.42 Å². The summed E-state index contributed by atoms with van der Waals surface area (Å²) in [6.07, 6.45) is 0.802. The van der Waals surface area contributed by atoms with Crippen LogP contribution in [0.2, 0.25) is 0 Å². The van der Waals surface area contributed by atoms with Gasteiger partial charge in [-0.05, 0) is 48.9 Å². The maximum atomic E-state index is 5.91. The Balaban J connectivity index is 2.29. The van der Waals surface area contributed by atoms with Crippen LogP contribution in [-0.2, 0) is 6.42 Å². The Morgan fingerprint density at radius 2 is 1.78 bits per heavy atom. The minimum atomic E-state index is 0.608. The van der Waals surface area contributed by atoms with Crippen molar-refractivity contribution < 1.29 is 4.74 Å². The molecule has 2 aromatic rings. The second-order valence-electron chi connectivity index (χ2n) is 3.85. The second-order valence-corrected chi connectivity index (χ2v) is 5.68. The molecule has 94 valence electrons. The average Bonchev–Trinajstić information content (AvgIpc) is 2.33. The van der Waals surface area contributed by atoms with Gasteiger partial charge in [0.2, 0.25) is 0 Å². The minimum Gasteiger partial charge on any atom is -0.457 e. The highest BCUT2D eigenvalue weighted by atomic mass is 79.9. The molecule has 0 aliphatic rings. The third-order valence-electron chi connectivity index (χ3n) is 2.47. The van der Waals surface area contributed by atoms with Gasteiger partial charge in [0, 0.05) is 8.95 Å². The van der Waals surface area contributed by atoms with Crippen molar-refractivity contribution in [3.8, 4) is 11.5 Å². The predicted octanol–water partition coefficient (Wildman–Crippen LogP) is 4.51. The summed E-state index contributed by atoms with van der Waals surface area (Å²) in [5.41, 5.74) is 6.72. The van der Waals surface area contributed by atoms with Crippen molar-refractivity contribution in [2.75, 3.05) is 6.54 Å². The quantitative estimate of drug-likeness (QED) is 0.859. The molecule has 2 rings (SSSR count). The molecule has 0 heterocycles. The highest BCUT2D eigenvalue weighted by Crippen LogP contribution is 2.30. The molecule has 0 saturated carbocycles. The number of hydrogen-bond acceptors (Lipinski definition) is 2. The molecule has 0 fully saturated rings. The summed E-state index contributed by atoms with van der Waals surface area (Å²) in [6.45, 7) is 0.608. The van der Waals surface area contributed by atoms with Crippen LogP contribution >= 0.6 is 31.9 Å². The molecule has 0 aliphatic heterocycles. The minimum absolute atomic E-state index is 0.608. The maximum Gasteiger partial charge on any atom is 0.131 e. The molecule has 0 saturated heterocycles. The number of nitrogens with two attached hydrogens (primary N) is 1. The Morgan fingerprint density at radius 1 is 1.00 bits per heavy atom. The van der Waals surface area contributed by atoms with Crippen LogP contribution in [-0.4, -0.2) is 6.54 Å². The van der Waals surface area contributed by atoms with Gasteiger partial charge in [-0.3, -0.25) is 0 Å². The molecule has 0 amide bonds. The largest absolute Gasteiger partial charge is 0.457 e. The molecule has 0 aromatic heterocycles. The molecule has 0 bridgehead atoms. The number of ether oxygens (including phenoxy) is 1. The van der Waals surface area contributed by atoms with Crippen LogP contribution in [0.5, 0.6) is 11.5 Å². The van der Waals surface area contributed by atoms with Crippen LogP contribution < -0.4 is 10.5 Å². The fourth-order valence-electron chi connectivity index (χ4n) is 1.64. The van der Waals surface area contributed by atoms with Gasteiger partial charge >= 0.3 is 0 Å². The molecule has 2 aromatic carbocycles. The number of halogens is 2. The van der Waals surface area contributed by atoms with Gasteiger partial charge in [-0.15, -0.1) is 0 Å². The van der Waals surface area contributed by atoms with Gasteiger partial charge in [0.05, 0.1) is 0 Å². The molecule has 18 heavy (non-hydrogen) atoms. The molecule has 0 unspecified atom stereocenters. The fourth-order valence-corrected chi connectivity index (χ4v) is 2.36. The van der Waals surface area contributed by atoms with E-state index in [9.17, 15) is 0 Å². The van der Waals surface area contributed by atoms with Gasteiger partial charge in [0.25, 0.3) is 0 Å². The number of benzene rings is 2. The molecular formula is C14H13Br2NO. The summed E-state index contributed by atoms with van der Waals surface area (Å²) < 4.78 is 7.90. The van der Waals surface area contributed by atoms with E-state index in [0.29, 0.717) is 6.54 Å². The first-order chi connectivity index (χ1) is 8.69.